The van der Waals surface area contributed by atoms with Gasteiger partial charge in [0, 0.05) is 5.56 Å². The average molecular weight is 247 g/mol. The minimum Gasteiger partial charge on any atom is -0.493 e. The summed E-state index contributed by atoms with van der Waals surface area (Å²) in [6.07, 6.45) is 1.60. The van der Waals surface area contributed by atoms with Gasteiger partial charge in [-0.05, 0) is 30.3 Å². The van der Waals surface area contributed by atoms with Crippen LogP contribution in [0.1, 0.15) is 0 Å². The molecule has 0 aliphatic carbocycles. The Morgan fingerprint density at radius 1 is 1.33 bits per heavy atom. The number of benzene rings is 1. The quantitative estimate of drug-likeness (QED) is 0.874. The lowest BCUT2D eigenvalue weighted by atomic mass is 10.1. The zero-order chi connectivity index (χ0) is 13.0. The minimum absolute atomic E-state index is 0.184. The van der Waals surface area contributed by atoms with Gasteiger partial charge in [0.2, 0.25) is 0 Å². The van der Waals surface area contributed by atoms with Crippen molar-refractivity contribution in [3.05, 3.63) is 36.6 Å². The van der Waals surface area contributed by atoms with Gasteiger partial charge in [0.25, 0.3) is 5.91 Å². The Labute approximate surface area is 104 Å². The van der Waals surface area contributed by atoms with Crippen LogP contribution in [0, 0.1) is 0 Å². The molecule has 2 rings (SSSR count). The van der Waals surface area contributed by atoms with E-state index in [1.807, 2.05) is 12.1 Å². The van der Waals surface area contributed by atoms with Gasteiger partial charge in [0.1, 0.15) is 5.76 Å². The Bertz CT molecular complexity index is 534. The highest BCUT2D eigenvalue weighted by molar-refractivity contribution is 5.75. The Balaban J connectivity index is 2.26. The van der Waals surface area contributed by atoms with Gasteiger partial charge in [-0.15, -0.1) is 0 Å². The number of amides is 1. The van der Waals surface area contributed by atoms with Gasteiger partial charge in [-0.1, -0.05) is 0 Å². The topological polar surface area (TPSA) is 74.7 Å². The van der Waals surface area contributed by atoms with Gasteiger partial charge in [0.05, 0.1) is 13.4 Å². The molecular formula is C13H13NO4. The normalized spacial score (nSPS) is 10.1. The summed E-state index contributed by atoms with van der Waals surface area (Å²) in [7, 11) is 1.53. The van der Waals surface area contributed by atoms with Crippen LogP contribution in [0.15, 0.2) is 41.0 Å². The molecule has 1 aromatic heterocycles. The maximum atomic E-state index is 10.7. The van der Waals surface area contributed by atoms with E-state index in [0.29, 0.717) is 11.5 Å². The van der Waals surface area contributed by atoms with Crippen LogP contribution in [-0.4, -0.2) is 19.6 Å². The fourth-order valence-corrected chi connectivity index (χ4v) is 1.53. The van der Waals surface area contributed by atoms with Gasteiger partial charge in [-0.25, -0.2) is 0 Å². The van der Waals surface area contributed by atoms with Gasteiger partial charge in [-0.3, -0.25) is 4.79 Å². The summed E-state index contributed by atoms with van der Waals surface area (Å²) in [6, 6.07) is 8.95. The molecule has 5 heteroatoms. The second kappa shape index (κ2) is 5.27. The van der Waals surface area contributed by atoms with Crippen LogP contribution in [0.3, 0.4) is 0 Å². The van der Waals surface area contributed by atoms with Crippen LogP contribution in [0.5, 0.6) is 11.5 Å². The minimum atomic E-state index is -0.535. The second-order valence-electron chi connectivity index (χ2n) is 3.60. The molecule has 0 bridgehead atoms. The number of primary amides is 1. The Hall–Kier alpha value is -2.43. The first-order valence-electron chi connectivity index (χ1n) is 5.33. The molecule has 2 N–H and O–H groups in total. The largest absolute Gasteiger partial charge is 0.493 e. The highest BCUT2D eigenvalue weighted by Crippen LogP contribution is 2.32. The first-order chi connectivity index (χ1) is 8.70. The van der Waals surface area contributed by atoms with Gasteiger partial charge in [-0.2, -0.15) is 0 Å². The molecule has 1 amide bonds. The maximum absolute atomic E-state index is 10.7. The van der Waals surface area contributed by atoms with Crippen LogP contribution in [0.2, 0.25) is 0 Å². The first kappa shape index (κ1) is 12.0. The van der Waals surface area contributed by atoms with E-state index in [0.717, 1.165) is 11.3 Å². The Kier molecular flexibility index (Phi) is 3.52. The van der Waals surface area contributed by atoms with E-state index in [1.165, 1.54) is 7.11 Å². The third-order valence-corrected chi connectivity index (χ3v) is 2.34. The van der Waals surface area contributed by atoms with Gasteiger partial charge < -0.3 is 19.6 Å². The molecule has 94 valence electrons. The van der Waals surface area contributed by atoms with Crippen molar-refractivity contribution < 1.29 is 18.7 Å². The van der Waals surface area contributed by atoms with Crippen LogP contribution in [0.4, 0.5) is 0 Å². The summed E-state index contributed by atoms with van der Waals surface area (Å²) in [5.41, 5.74) is 5.88. The first-order valence-corrected chi connectivity index (χ1v) is 5.33. The van der Waals surface area contributed by atoms with E-state index in [-0.39, 0.29) is 6.61 Å². The lowest BCUT2D eigenvalue weighted by molar-refractivity contribution is -0.119. The SMILES string of the molecule is COc1cc(-c2ccco2)ccc1OCC(N)=O. The predicted octanol–water partition coefficient (Wildman–Crippen LogP) is 1.82. The number of ether oxygens (including phenoxy) is 2. The summed E-state index contributed by atoms with van der Waals surface area (Å²) >= 11 is 0. The Morgan fingerprint density at radius 2 is 2.17 bits per heavy atom. The van der Waals surface area contributed by atoms with E-state index in [4.69, 9.17) is 19.6 Å². The standard InChI is InChI=1S/C13H13NO4/c1-16-12-7-9(10-3-2-6-17-10)4-5-11(12)18-8-13(14)15/h2-7H,8H2,1H3,(H2,14,15). The number of hydrogen-bond donors (Lipinski definition) is 1. The van der Waals surface area contributed by atoms with Crippen LogP contribution >= 0.6 is 0 Å². The second-order valence-corrected chi connectivity index (χ2v) is 3.60. The number of hydrogen-bond acceptors (Lipinski definition) is 4. The zero-order valence-corrected chi connectivity index (χ0v) is 9.88. The van der Waals surface area contributed by atoms with Gasteiger partial charge >= 0.3 is 0 Å². The van der Waals surface area contributed by atoms with Crippen molar-refractivity contribution in [2.75, 3.05) is 13.7 Å². The molecule has 2 aromatic rings. The van der Waals surface area contributed by atoms with Crippen molar-refractivity contribution in [1.82, 2.24) is 0 Å². The summed E-state index contributed by atoms with van der Waals surface area (Å²) in [4.78, 5) is 10.7. The molecule has 0 unspecified atom stereocenters. The molecule has 0 saturated carbocycles. The number of methoxy groups -OCH3 is 1. The summed E-state index contributed by atoms with van der Waals surface area (Å²) in [5.74, 6) is 1.18. The third-order valence-electron chi connectivity index (χ3n) is 2.34. The van der Waals surface area contributed by atoms with E-state index in [1.54, 1.807) is 24.5 Å². The summed E-state index contributed by atoms with van der Waals surface area (Å²) < 4.78 is 15.7. The number of rotatable bonds is 5. The number of furan rings is 1. The molecule has 1 heterocycles. The zero-order valence-electron chi connectivity index (χ0n) is 9.88. The summed E-state index contributed by atoms with van der Waals surface area (Å²) in [6.45, 7) is -0.184. The smallest absolute Gasteiger partial charge is 0.255 e. The fraction of sp³-hybridized carbons (Fsp3) is 0.154. The molecule has 0 atom stereocenters. The molecular weight excluding hydrogens is 234 g/mol. The van der Waals surface area contributed by atoms with Crippen molar-refractivity contribution >= 4 is 5.91 Å². The van der Waals surface area contributed by atoms with Gasteiger partial charge in [0.15, 0.2) is 18.1 Å². The molecule has 5 nitrogen and oxygen atoms in total. The predicted molar refractivity (Wildman–Crippen MR) is 65.4 cm³/mol. The van der Waals surface area contributed by atoms with E-state index < -0.39 is 5.91 Å². The molecule has 18 heavy (non-hydrogen) atoms. The van der Waals surface area contributed by atoms with E-state index in [9.17, 15) is 4.79 Å². The molecule has 0 aliphatic heterocycles. The highest BCUT2D eigenvalue weighted by Gasteiger charge is 2.09. The monoisotopic (exact) mass is 247 g/mol. The van der Waals surface area contributed by atoms with Crippen LogP contribution in [-0.2, 0) is 4.79 Å². The van der Waals surface area contributed by atoms with Crippen molar-refractivity contribution in [3.8, 4) is 22.8 Å². The van der Waals surface area contributed by atoms with E-state index >= 15 is 0 Å². The lowest BCUT2D eigenvalue weighted by Crippen LogP contribution is -2.20. The summed E-state index contributed by atoms with van der Waals surface area (Å²) in [5, 5.41) is 0. The Morgan fingerprint density at radius 3 is 2.78 bits per heavy atom. The molecule has 1 aromatic carbocycles. The number of carbonyl (C=O) groups excluding carboxylic acids is 1. The number of carbonyl (C=O) groups is 1. The highest BCUT2D eigenvalue weighted by atomic mass is 16.5. The fourth-order valence-electron chi connectivity index (χ4n) is 1.53. The van der Waals surface area contributed by atoms with Crippen LogP contribution < -0.4 is 15.2 Å². The number of nitrogens with two attached hydrogens (primary N) is 1. The van der Waals surface area contributed by atoms with Crippen molar-refractivity contribution in [2.45, 2.75) is 0 Å². The third kappa shape index (κ3) is 2.63. The van der Waals surface area contributed by atoms with Crippen molar-refractivity contribution in [2.24, 2.45) is 5.73 Å². The molecule has 0 spiro atoms. The molecule has 0 fully saturated rings. The van der Waals surface area contributed by atoms with E-state index in [2.05, 4.69) is 0 Å². The molecule has 0 saturated heterocycles. The van der Waals surface area contributed by atoms with Crippen molar-refractivity contribution in [3.63, 3.8) is 0 Å². The lowest BCUT2D eigenvalue weighted by Gasteiger charge is -2.10. The average Bonchev–Trinajstić information content (AvgIpc) is 2.90. The van der Waals surface area contributed by atoms with Crippen LogP contribution in [0.25, 0.3) is 11.3 Å². The van der Waals surface area contributed by atoms with Crippen molar-refractivity contribution in [1.29, 1.82) is 0 Å². The molecule has 0 aliphatic rings. The maximum Gasteiger partial charge on any atom is 0.255 e. The molecule has 0 radical (unpaired) electrons.